The first-order chi connectivity index (χ1) is 10.8. The average Bonchev–Trinajstić information content (AvgIpc) is 3.28. The van der Waals surface area contributed by atoms with Crippen molar-refractivity contribution in [1.82, 2.24) is 0 Å². The second-order valence-electron chi connectivity index (χ2n) is 5.56. The highest BCUT2D eigenvalue weighted by Crippen LogP contribution is 2.48. The molecule has 0 amide bonds. The molecule has 22 heavy (non-hydrogen) atoms. The molecule has 1 aliphatic carbocycles. The second kappa shape index (κ2) is 5.99. The van der Waals surface area contributed by atoms with Crippen molar-refractivity contribution in [3.05, 3.63) is 83.9 Å². The summed E-state index contributed by atoms with van der Waals surface area (Å²) < 4.78 is 0. The van der Waals surface area contributed by atoms with Crippen LogP contribution in [0.25, 0.3) is 0 Å². The number of hydrogen-bond donors (Lipinski definition) is 0. The van der Waals surface area contributed by atoms with Crippen molar-refractivity contribution in [2.24, 2.45) is 10.9 Å². The molecule has 0 N–H and O–H groups in total. The van der Waals surface area contributed by atoms with Gasteiger partial charge in [-0.05, 0) is 13.3 Å². The molecule has 0 unspecified atom stereocenters. The number of nitrogens with zero attached hydrogens (tertiary/aromatic N) is 2. The summed E-state index contributed by atoms with van der Waals surface area (Å²) in [6.07, 6.45) is 4.89. The summed E-state index contributed by atoms with van der Waals surface area (Å²) in [5.74, 6) is 0.227. The fourth-order valence-electron chi connectivity index (χ4n) is 2.71. The Balaban J connectivity index is 2.08. The van der Waals surface area contributed by atoms with Crippen molar-refractivity contribution in [3.63, 3.8) is 0 Å². The lowest BCUT2D eigenvalue weighted by molar-refractivity contribution is 0.816. The number of nitriles is 1. The quantitative estimate of drug-likeness (QED) is 0.607. The molecule has 0 radical (unpaired) electrons. The lowest BCUT2D eigenvalue weighted by Crippen LogP contribution is -2.12. The Morgan fingerprint density at radius 2 is 1.64 bits per heavy atom. The lowest BCUT2D eigenvalue weighted by atomic mass is 10.0. The van der Waals surface area contributed by atoms with Gasteiger partial charge in [0.1, 0.15) is 0 Å². The van der Waals surface area contributed by atoms with E-state index in [9.17, 15) is 5.26 Å². The van der Waals surface area contributed by atoms with Crippen LogP contribution in [0.2, 0.25) is 0 Å². The average molecular weight is 286 g/mol. The molecule has 0 aromatic heterocycles. The van der Waals surface area contributed by atoms with Crippen LogP contribution < -0.4 is 0 Å². The van der Waals surface area contributed by atoms with E-state index in [2.05, 4.69) is 12.1 Å². The summed E-state index contributed by atoms with van der Waals surface area (Å²) in [5, 5.41) is 9.61. The SMILES string of the molecule is C/C=C/[C@H]1C[C@@]1(C#N)N=C(c1ccccc1)c1ccccc1. The predicted molar refractivity (Wildman–Crippen MR) is 89.8 cm³/mol. The molecule has 1 aliphatic rings. The van der Waals surface area contributed by atoms with Crippen molar-refractivity contribution < 1.29 is 0 Å². The van der Waals surface area contributed by atoms with E-state index in [0.29, 0.717) is 0 Å². The van der Waals surface area contributed by atoms with Gasteiger partial charge in [-0.2, -0.15) is 5.26 Å². The standard InChI is InChI=1S/C20H18N2/c1-2-9-18-14-20(18,15-21)22-19(16-10-5-3-6-11-16)17-12-7-4-8-13-17/h2-13,18H,14H2,1H3/b9-2+/t18-,20-/m0/s1. The number of benzene rings is 2. The van der Waals surface area contributed by atoms with Crippen LogP contribution >= 0.6 is 0 Å². The van der Waals surface area contributed by atoms with Crippen molar-refractivity contribution in [3.8, 4) is 6.07 Å². The zero-order valence-corrected chi connectivity index (χ0v) is 12.6. The molecule has 2 nitrogen and oxygen atoms in total. The van der Waals surface area contributed by atoms with Crippen LogP contribution in [-0.4, -0.2) is 11.3 Å². The second-order valence-corrected chi connectivity index (χ2v) is 5.56. The predicted octanol–water partition coefficient (Wildman–Crippen LogP) is 4.38. The smallest absolute Gasteiger partial charge is 0.154 e. The van der Waals surface area contributed by atoms with Gasteiger partial charge >= 0.3 is 0 Å². The number of hydrogen-bond acceptors (Lipinski definition) is 2. The molecule has 2 aromatic carbocycles. The third kappa shape index (κ3) is 2.71. The Bertz CT molecular complexity index is 697. The van der Waals surface area contributed by atoms with E-state index < -0.39 is 5.54 Å². The van der Waals surface area contributed by atoms with Crippen LogP contribution in [-0.2, 0) is 0 Å². The zero-order valence-electron chi connectivity index (χ0n) is 12.6. The molecule has 0 saturated heterocycles. The van der Waals surface area contributed by atoms with Crippen molar-refractivity contribution in [2.75, 3.05) is 0 Å². The fourth-order valence-corrected chi connectivity index (χ4v) is 2.71. The van der Waals surface area contributed by atoms with E-state index >= 15 is 0 Å². The van der Waals surface area contributed by atoms with Gasteiger partial charge < -0.3 is 0 Å². The molecule has 2 heteroatoms. The molecule has 2 aromatic rings. The van der Waals surface area contributed by atoms with Gasteiger partial charge in [0.05, 0.1) is 11.8 Å². The molecule has 0 aliphatic heterocycles. The fraction of sp³-hybridized carbons (Fsp3) is 0.200. The maximum Gasteiger partial charge on any atom is 0.154 e. The summed E-state index contributed by atoms with van der Waals surface area (Å²) in [5.41, 5.74) is 2.40. The number of allylic oxidation sites excluding steroid dienone is 1. The van der Waals surface area contributed by atoms with Crippen LogP contribution in [0.3, 0.4) is 0 Å². The van der Waals surface area contributed by atoms with E-state index in [1.165, 1.54) is 0 Å². The molecule has 3 rings (SSSR count). The number of rotatable bonds is 4. The van der Waals surface area contributed by atoms with Gasteiger partial charge in [-0.25, -0.2) is 0 Å². The van der Waals surface area contributed by atoms with E-state index in [1.54, 1.807) is 0 Å². The van der Waals surface area contributed by atoms with Crippen LogP contribution in [0.5, 0.6) is 0 Å². The molecule has 1 saturated carbocycles. The van der Waals surface area contributed by atoms with Gasteiger partial charge in [-0.15, -0.1) is 0 Å². The number of aliphatic imine (C=N–C) groups is 1. The van der Waals surface area contributed by atoms with E-state index in [-0.39, 0.29) is 5.92 Å². The van der Waals surface area contributed by atoms with Gasteiger partial charge in [0.2, 0.25) is 0 Å². The van der Waals surface area contributed by atoms with E-state index in [0.717, 1.165) is 23.3 Å². The van der Waals surface area contributed by atoms with Crippen LogP contribution in [0.4, 0.5) is 0 Å². The summed E-state index contributed by atoms with van der Waals surface area (Å²) in [7, 11) is 0. The Hall–Kier alpha value is -2.66. The lowest BCUT2D eigenvalue weighted by Gasteiger charge is -2.10. The third-order valence-corrected chi connectivity index (χ3v) is 4.01. The van der Waals surface area contributed by atoms with Gasteiger partial charge in [0, 0.05) is 17.0 Å². The molecule has 0 bridgehead atoms. The van der Waals surface area contributed by atoms with Crippen LogP contribution in [0.15, 0.2) is 77.8 Å². The summed E-state index contributed by atoms with van der Waals surface area (Å²) in [4.78, 5) is 4.88. The first-order valence-electron chi connectivity index (χ1n) is 7.54. The maximum atomic E-state index is 9.61. The van der Waals surface area contributed by atoms with Crippen molar-refractivity contribution in [2.45, 2.75) is 18.9 Å². The largest absolute Gasteiger partial charge is 0.262 e. The van der Waals surface area contributed by atoms with Gasteiger partial charge in [0.25, 0.3) is 0 Å². The summed E-state index contributed by atoms with van der Waals surface area (Å²) >= 11 is 0. The van der Waals surface area contributed by atoms with Crippen LogP contribution in [0, 0.1) is 17.2 Å². The van der Waals surface area contributed by atoms with Crippen molar-refractivity contribution in [1.29, 1.82) is 5.26 Å². The highest BCUT2D eigenvalue weighted by atomic mass is 15.0. The maximum absolute atomic E-state index is 9.61. The Morgan fingerprint density at radius 3 is 2.09 bits per heavy atom. The summed E-state index contributed by atoms with van der Waals surface area (Å²) in [6, 6.07) is 22.6. The van der Waals surface area contributed by atoms with E-state index in [1.807, 2.05) is 73.7 Å². The van der Waals surface area contributed by atoms with Gasteiger partial charge in [-0.1, -0.05) is 72.8 Å². The normalized spacial score (nSPS) is 23.0. The zero-order chi connectivity index (χ0) is 15.4. The first kappa shape index (κ1) is 14.3. The Labute approximate surface area is 131 Å². The Morgan fingerprint density at radius 1 is 1.09 bits per heavy atom. The molecular weight excluding hydrogens is 268 g/mol. The molecule has 1 fully saturated rings. The molecular formula is C20H18N2. The molecule has 108 valence electrons. The molecule has 2 atom stereocenters. The minimum absolute atomic E-state index is 0.227. The summed E-state index contributed by atoms with van der Waals surface area (Å²) in [6.45, 7) is 1.99. The highest BCUT2D eigenvalue weighted by molar-refractivity contribution is 6.13. The van der Waals surface area contributed by atoms with Crippen LogP contribution in [0.1, 0.15) is 24.5 Å². The van der Waals surface area contributed by atoms with Gasteiger partial charge in [-0.3, -0.25) is 4.99 Å². The minimum Gasteiger partial charge on any atom is -0.262 e. The monoisotopic (exact) mass is 286 g/mol. The highest BCUT2D eigenvalue weighted by Gasteiger charge is 2.54. The Kier molecular flexibility index (Phi) is 3.89. The van der Waals surface area contributed by atoms with Gasteiger partial charge in [0.15, 0.2) is 5.54 Å². The molecule has 0 spiro atoms. The minimum atomic E-state index is -0.604. The third-order valence-electron chi connectivity index (χ3n) is 4.01. The topological polar surface area (TPSA) is 36.1 Å². The first-order valence-corrected chi connectivity index (χ1v) is 7.54. The molecule has 0 heterocycles. The van der Waals surface area contributed by atoms with E-state index in [4.69, 9.17) is 4.99 Å². The van der Waals surface area contributed by atoms with Crippen molar-refractivity contribution >= 4 is 5.71 Å².